The van der Waals surface area contributed by atoms with E-state index in [0.717, 1.165) is 19.3 Å². The van der Waals surface area contributed by atoms with Gasteiger partial charge in [-0.2, -0.15) is 0 Å². The van der Waals surface area contributed by atoms with Crippen molar-refractivity contribution in [1.29, 1.82) is 0 Å². The number of benzene rings is 1. The minimum Gasteiger partial charge on any atom is -0.484 e. The van der Waals surface area contributed by atoms with Crippen LogP contribution in [0.4, 0.5) is 0 Å². The van der Waals surface area contributed by atoms with Gasteiger partial charge in [-0.3, -0.25) is 4.79 Å². The highest BCUT2D eigenvalue weighted by Crippen LogP contribution is 2.23. The molecule has 1 aliphatic heterocycles. The maximum absolute atomic E-state index is 12.3. The van der Waals surface area contributed by atoms with Crippen molar-refractivity contribution >= 4 is 11.9 Å². The van der Waals surface area contributed by atoms with Gasteiger partial charge in [0.1, 0.15) is 5.75 Å². The Morgan fingerprint density at radius 1 is 1.29 bits per heavy atom. The Bertz CT molecular complexity index is 519. The monoisotopic (exact) mass is 291 g/mol. The molecule has 1 fully saturated rings. The summed E-state index contributed by atoms with van der Waals surface area (Å²) in [6.07, 6.45) is 3.18. The van der Waals surface area contributed by atoms with Gasteiger partial charge in [0.25, 0.3) is 5.91 Å². The molecule has 1 aromatic rings. The van der Waals surface area contributed by atoms with Crippen LogP contribution in [0.3, 0.4) is 0 Å². The van der Waals surface area contributed by atoms with Crippen molar-refractivity contribution < 1.29 is 19.4 Å². The minimum atomic E-state index is -1.01. The first kappa shape index (κ1) is 15.4. The number of aromatic carboxylic acids is 1. The largest absolute Gasteiger partial charge is 0.484 e. The zero-order chi connectivity index (χ0) is 15.4. The van der Waals surface area contributed by atoms with E-state index in [2.05, 4.69) is 13.8 Å². The Hall–Kier alpha value is -2.04. The van der Waals surface area contributed by atoms with Gasteiger partial charge in [-0.25, -0.2) is 4.79 Å². The summed E-state index contributed by atoms with van der Waals surface area (Å²) in [4.78, 5) is 25.1. The van der Waals surface area contributed by atoms with E-state index >= 15 is 0 Å². The summed E-state index contributed by atoms with van der Waals surface area (Å²) >= 11 is 0. The lowest BCUT2D eigenvalue weighted by atomic mass is 9.97. The van der Waals surface area contributed by atoms with E-state index in [1.807, 2.05) is 4.90 Å². The fourth-order valence-corrected chi connectivity index (χ4v) is 2.85. The van der Waals surface area contributed by atoms with Gasteiger partial charge in [-0.05, 0) is 51.3 Å². The van der Waals surface area contributed by atoms with E-state index in [1.165, 1.54) is 12.1 Å². The number of carbonyl (C=O) groups is 2. The fraction of sp³-hybridized carbons (Fsp3) is 0.500. The Balaban J connectivity index is 1.97. The Labute approximate surface area is 124 Å². The number of ether oxygens (including phenoxy) is 1. The van der Waals surface area contributed by atoms with E-state index in [1.54, 1.807) is 12.1 Å². The van der Waals surface area contributed by atoms with Gasteiger partial charge in [0.2, 0.25) is 0 Å². The molecule has 1 N–H and O–H groups in total. The van der Waals surface area contributed by atoms with Crippen LogP contribution in [-0.2, 0) is 4.79 Å². The minimum absolute atomic E-state index is 0.0459. The number of amides is 1. The number of rotatable bonds is 4. The normalized spacial score (nSPS) is 21.9. The van der Waals surface area contributed by atoms with Crippen molar-refractivity contribution in [3.05, 3.63) is 29.8 Å². The van der Waals surface area contributed by atoms with Crippen molar-refractivity contribution in [1.82, 2.24) is 4.90 Å². The molecule has 0 radical (unpaired) electrons. The lowest BCUT2D eigenvalue weighted by molar-refractivity contribution is -0.139. The second-order valence-electron chi connectivity index (χ2n) is 5.55. The molecule has 2 rings (SSSR count). The Morgan fingerprint density at radius 2 is 1.95 bits per heavy atom. The maximum Gasteiger partial charge on any atom is 0.335 e. The van der Waals surface area contributed by atoms with Crippen LogP contribution in [0.1, 0.15) is 43.5 Å². The highest BCUT2D eigenvalue weighted by molar-refractivity contribution is 5.88. The second-order valence-corrected chi connectivity index (χ2v) is 5.55. The number of carboxylic acid groups (broad SMARTS) is 1. The molecule has 0 spiro atoms. The highest BCUT2D eigenvalue weighted by Gasteiger charge is 2.28. The van der Waals surface area contributed by atoms with Gasteiger partial charge in [0.15, 0.2) is 6.61 Å². The molecule has 1 amide bonds. The molecule has 2 unspecified atom stereocenters. The van der Waals surface area contributed by atoms with Crippen LogP contribution in [0.2, 0.25) is 0 Å². The van der Waals surface area contributed by atoms with Crippen LogP contribution in [0.15, 0.2) is 24.3 Å². The van der Waals surface area contributed by atoms with Crippen LogP contribution in [0.25, 0.3) is 0 Å². The topological polar surface area (TPSA) is 66.8 Å². The zero-order valence-corrected chi connectivity index (χ0v) is 12.4. The summed E-state index contributed by atoms with van der Waals surface area (Å²) in [7, 11) is 0. The van der Waals surface area contributed by atoms with Crippen molar-refractivity contribution in [2.75, 3.05) is 6.61 Å². The predicted molar refractivity (Wildman–Crippen MR) is 78.5 cm³/mol. The van der Waals surface area contributed by atoms with Crippen molar-refractivity contribution in [2.24, 2.45) is 0 Å². The number of piperidine rings is 1. The lowest BCUT2D eigenvalue weighted by Gasteiger charge is -2.38. The first-order valence-corrected chi connectivity index (χ1v) is 7.26. The Morgan fingerprint density at radius 3 is 2.57 bits per heavy atom. The van der Waals surface area contributed by atoms with Gasteiger partial charge < -0.3 is 14.7 Å². The van der Waals surface area contributed by atoms with Crippen LogP contribution >= 0.6 is 0 Å². The summed E-state index contributed by atoms with van der Waals surface area (Å²) in [5.41, 5.74) is 0.152. The van der Waals surface area contributed by atoms with Gasteiger partial charge in [-0.1, -0.05) is 6.07 Å². The lowest BCUT2D eigenvalue weighted by Crippen LogP contribution is -2.49. The molecule has 1 aromatic carbocycles. The molecule has 0 aromatic heterocycles. The third-order valence-corrected chi connectivity index (χ3v) is 3.92. The number of likely N-dealkylation sites (tertiary alicyclic amines) is 1. The standard InChI is InChI=1S/C16H21NO4/c1-11-5-3-6-12(2)17(11)15(18)10-21-14-8-4-7-13(9-14)16(19)20/h4,7-9,11-12H,3,5-6,10H2,1-2H3,(H,19,20). The average Bonchev–Trinajstić information content (AvgIpc) is 2.45. The van der Waals surface area contributed by atoms with Crippen LogP contribution < -0.4 is 4.74 Å². The number of carboxylic acids is 1. The molecule has 21 heavy (non-hydrogen) atoms. The molecule has 0 bridgehead atoms. The fourth-order valence-electron chi connectivity index (χ4n) is 2.85. The quantitative estimate of drug-likeness (QED) is 0.925. The van der Waals surface area contributed by atoms with Gasteiger partial charge in [0.05, 0.1) is 5.56 Å². The Kier molecular flexibility index (Phi) is 4.83. The zero-order valence-electron chi connectivity index (χ0n) is 12.4. The molecule has 1 aliphatic rings. The molecule has 2 atom stereocenters. The summed E-state index contributed by atoms with van der Waals surface area (Å²) in [5.74, 6) is -0.652. The molecule has 0 aliphatic carbocycles. The second kappa shape index (κ2) is 6.61. The summed E-state index contributed by atoms with van der Waals surface area (Å²) in [6, 6.07) is 6.65. The van der Waals surface area contributed by atoms with Crippen molar-refractivity contribution in [3.8, 4) is 5.75 Å². The first-order chi connectivity index (χ1) is 9.99. The molecular formula is C16H21NO4. The first-order valence-electron chi connectivity index (χ1n) is 7.26. The maximum atomic E-state index is 12.3. The SMILES string of the molecule is CC1CCCC(C)N1C(=O)COc1cccc(C(=O)O)c1. The van der Waals surface area contributed by atoms with E-state index in [0.29, 0.717) is 5.75 Å². The smallest absolute Gasteiger partial charge is 0.335 e. The number of nitrogens with zero attached hydrogens (tertiary/aromatic N) is 1. The van der Waals surface area contributed by atoms with Crippen LogP contribution in [0, 0.1) is 0 Å². The summed E-state index contributed by atoms with van der Waals surface area (Å²) in [6.45, 7) is 4.05. The summed E-state index contributed by atoms with van der Waals surface area (Å²) in [5, 5.41) is 8.93. The molecule has 5 heteroatoms. The van der Waals surface area contributed by atoms with E-state index in [9.17, 15) is 9.59 Å². The van der Waals surface area contributed by atoms with Gasteiger partial charge in [-0.15, -0.1) is 0 Å². The number of hydrogen-bond donors (Lipinski definition) is 1. The van der Waals surface area contributed by atoms with E-state index in [4.69, 9.17) is 9.84 Å². The third-order valence-electron chi connectivity index (χ3n) is 3.92. The molecule has 1 saturated heterocycles. The average molecular weight is 291 g/mol. The molecule has 1 heterocycles. The highest BCUT2D eigenvalue weighted by atomic mass is 16.5. The number of carbonyl (C=O) groups excluding carboxylic acids is 1. The predicted octanol–water partition coefficient (Wildman–Crippen LogP) is 2.55. The van der Waals surface area contributed by atoms with Crippen molar-refractivity contribution in [2.45, 2.75) is 45.2 Å². The van der Waals surface area contributed by atoms with E-state index in [-0.39, 0.29) is 30.2 Å². The molecular weight excluding hydrogens is 270 g/mol. The van der Waals surface area contributed by atoms with Gasteiger partial charge >= 0.3 is 5.97 Å². The molecule has 114 valence electrons. The third kappa shape index (κ3) is 3.74. The molecule has 5 nitrogen and oxygen atoms in total. The van der Waals surface area contributed by atoms with Crippen LogP contribution in [0.5, 0.6) is 5.75 Å². The van der Waals surface area contributed by atoms with E-state index < -0.39 is 5.97 Å². The van der Waals surface area contributed by atoms with Crippen LogP contribution in [-0.4, -0.2) is 40.6 Å². The number of hydrogen-bond acceptors (Lipinski definition) is 3. The molecule has 0 saturated carbocycles. The van der Waals surface area contributed by atoms with Crippen molar-refractivity contribution in [3.63, 3.8) is 0 Å². The van der Waals surface area contributed by atoms with Gasteiger partial charge in [0, 0.05) is 12.1 Å². The summed E-state index contributed by atoms with van der Waals surface area (Å²) < 4.78 is 5.45.